The molecule has 0 fully saturated rings. The molecule has 0 saturated heterocycles. The van der Waals surface area contributed by atoms with Crippen LogP contribution in [0.15, 0.2) is 91.0 Å². The molecule has 1 atom stereocenters. The number of amides is 1. The van der Waals surface area contributed by atoms with Gasteiger partial charge < -0.3 is 14.6 Å². The molecule has 1 heterocycles. The molecule has 0 aliphatic carbocycles. The molecule has 1 aromatic heterocycles. The summed E-state index contributed by atoms with van der Waals surface area (Å²) in [5.41, 5.74) is 3.70. The molecule has 1 amide bonds. The lowest BCUT2D eigenvalue weighted by atomic mass is 10.0. The van der Waals surface area contributed by atoms with Crippen LogP contribution in [0.25, 0.3) is 33.4 Å². The number of methoxy groups -OCH3 is 1. The average molecular weight is 494 g/mol. The zero-order valence-corrected chi connectivity index (χ0v) is 21.0. The van der Waals surface area contributed by atoms with Gasteiger partial charge in [0.2, 0.25) is 0 Å². The highest BCUT2D eigenvalue weighted by Crippen LogP contribution is 2.33. The predicted molar refractivity (Wildman–Crippen MR) is 145 cm³/mol. The van der Waals surface area contributed by atoms with Gasteiger partial charge in [-0.2, -0.15) is 0 Å². The molecule has 5 rings (SSSR count). The topological polar surface area (TPSA) is 56.2 Å². The highest BCUT2D eigenvalue weighted by molar-refractivity contribution is 6.01. The summed E-state index contributed by atoms with van der Waals surface area (Å²) in [6.45, 7) is 4.46. The highest BCUT2D eigenvalue weighted by Gasteiger charge is 2.25. The number of halogens is 1. The lowest BCUT2D eigenvalue weighted by molar-refractivity contribution is 0.0931. The summed E-state index contributed by atoms with van der Waals surface area (Å²) in [5, 5.41) is 5.16. The molecule has 0 radical (unpaired) electrons. The fourth-order valence-corrected chi connectivity index (χ4v) is 4.60. The second-order valence-corrected chi connectivity index (χ2v) is 8.92. The van der Waals surface area contributed by atoms with Crippen molar-refractivity contribution < 1.29 is 13.9 Å². The number of imidazole rings is 1. The van der Waals surface area contributed by atoms with Gasteiger partial charge in [-0.15, -0.1) is 0 Å². The number of nitrogens with one attached hydrogen (secondary N) is 1. The summed E-state index contributed by atoms with van der Waals surface area (Å²) in [5.74, 6) is 0.970. The molecule has 1 unspecified atom stereocenters. The van der Waals surface area contributed by atoms with Gasteiger partial charge in [0.1, 0.15) is 28.8 Å². The number of fused-ring (bicyclic) bond motifs is 1. The molecule has 0 aliphatic rings. The molecule has 5 aromatic rings. The summed E-state index contributed by atoms with van der Waals surface area (Å²) in [7, 11) is 1.65. The Morgan fingerprint density at radius 3 is 2.35 bits per heavy atom. The Balaban J connectivity index is 1.62. The van der Waals surface area contributed by atoms with Gasteiger partial charge in [0, 0.05) is 17.7 Å². The lowest BCUT2D eigenvalue weighted by Gasteiger charge is -2.16. The molecule has 0 aliphatic heterocycles. The van der Waals surface area contributed by atoms with Crippen LogP contribution in [0.4, 0.5) is 4.39 Å². The van der Waals surface area contributed by atoms with E-state index in [1.807, 2.05) is 85.1 Å². The van der Waals surface area contributed by atoms with Gasteiger partial charge in [-0.3, -0.25) is 4.79 Å². The second-order valence-electron chi connectivity index (χ2n) is 8.92. The van der Waals surface area contributed by atoms with Crippen molar-refractivity contribution in [3.63, 3.8) is 0 Å². The fourth-order valence-electron chi connectivity index (χ4n) is 4.60. The SMILES string of the molecule is CCn1c(-c2ccccc2)nc(-c2ccc3cc(OC)ccc3c2)c1C(=O)NC(C)c1ccc(F)cc1. The molecule has 0 bridgehead atoms. The summed E-state index contributed by atoms with van der Waals surface area (Å²) < 4.78 is 20.7. The monoisotopic (exact) mass is 493 g/mol. The molecule has 0 spiro atoms. The van der Waals surface area contributed by atoms with E-state index in [0.29, 0.717) is 17.9 Å². The normalized spacial score (nSPS) is 11.9. The number of nitrogens with zero attached hydrogens (tertiary/aromatic N) is 2. The molecule has 1 N–H and O–H groups in total. The lowest BCUT2D eigenvalue weighted by Crippen LogP contribution is -2.29. The zero-order valence-electron chi connectivity index (χ0n) is 21.0. The molecule has 0 saturated carbocycles. The first-order valence-electron chi connectivity index (χ1n) is 12.3. The number of benzene rings is 4. The predicted octanol–water partition coefficient (Wildman–Crippen LogP) is 7.03. The van der Waals surface area contributed by atoms with Gasteiger partial charge in [0.25, 0.3) is 5.91 Å². The first kappa shape index (κ1) is 24.3. The van der Waals surface area contributed by atoms with Crippen molar-refractivity contribution in [3.8, 4) is 28.4 Å². The molecule has 37 heavy (non-hydrogen) atoms. The number of hydrogen-bond acceptors (Lipinski definition) is 3. The van der Waals surface area contributed by atoms with E-state index < -0.39 is 0 Å². The number of ether oxygens (including phenoxy) is 1. The van der Waals surface area contributed by atoms with Crippen molar-refractivity contribution in [2.24, 2.45) is 0 Å². The third-order valence-electron chi connectivity index (χ3n) is 6.57. The van der Waals surface area contributed by atoms with Crippen LogP contribution in [-0.4, -0.2) is 22.6 Å². The zero-order chi connectivity index (χ0) is 25.9. The van der Waals surface area contributed by atoms with Gasteiger partial charge in [0.05, 0.1) is 13.2 Å². The fraction of sp³-hybridized carbons (Fsp3) is 0.161. The molecule has 6 heteroatoms. The van der Waals surface area contributed by atoms with Gasteiger partial charge in [-0.1, -0.05) is 60.7 Å². The van der Waals surface area contributed by atoms with Crippen molar-refractivity contribution in [1.82, 2.24) is 14.9 Å². The smallest absolute Gasteiger partial charge is 0.270 e. The van der Waals surface area contributed by atoms with E-state index >= 15 is 0 Å². The minimum absolute atomic E-state index is 0.238. The number of carbonyl (C=O) groups excluding carboxylic acids is 1. The Bertz CT molecular complexity index is 1560. The van der Waals surface area contributed by atoms with E-state index in [1.54, 1.807) is 19.2 Å². The van der Waals surface area contributed by atoms with E-state index in [4.69, 9.17) is 9.72 Å². The van der Waals surface area contributed by atoms with E-state index in [9.17, 15) is 9.18 Å². The Kier molecular flexibility index (Phi) is 6.73. The van der Waals surface area contributed by atoms with Crippen LogP contribution in [0.3, 0.4) is 0 Å². The van der Waals surface area contributed by atoms with E-state index in [0.717, 1.165) is 39.0 Å². The number of hydrogen-bond donors (Lipinski definition) is 1. The minimum atomic E-state index is -0.314. The van der Waals surface area contributed by atoms with Crippen molar-refractivity contribution in [2.75, 3.05) is 7.11 Å². The molecule has 186 valence electrons. The van der Waals surface area contributed by atoms with Crippen molar-refractivity contribution >= 4 is 16.7 Å². The summed E-state index contributed by atoms with van der Waals surface area (Å²) in [6, 6.07) is 27.7. The molecule has 4 aromatic carbocycles. The maximum Gasteiger partial charge on any atom is 0.270 e. The van der Waals surface area contributed by atoms with Gasteiger partial charge in [-0.05, 0) is 60.5 Å². The number of rotatable bonds is 7. The van der Waals surface area contributed by atoms with Crippen LogP contribution in [-0.2, 0) is 6.54 Å². The maximum atomic E-state index is 13.8. The Labute approximate surface area is 215 Å². The standard InChI is InChI=1S/C31H28FN3O2/c1-4-35-29(31(36)33-20(2)21-12-15-26(32)16-13-21)28(34-30(35)22-8-6-5-7-9-22)25-11-10-24-19-27(37-3)17-14-23(24)18-25/h5-20H,4H2,1-3H3,(H,33,36). The average Bonchev–Trinajstić information content (AvgIpc) is 3.33. The third-order valence-corrected chi connectivity index (χ3v) is 6.57. The van der Waals surface area contributed by atoms with Crippen LogP contribution >= 0.6 is 0 Å². The Morgan fingerprint density at radius 2 is 1.65 bits per heavy atom. The van der Waals surface area contributed by atoms with Crippen LogP contribution in [0.5, 0.6) is 5.75 Å². The first-order chi connectivity index (χ1) is 18.0. The van der Waals surface area contributed by atoms with Crippen molar-refractivity contribution in [3.05, 3.63) is 108 Å². The molecule has 5 nitrogen and oxygen atoms in total. The van der Waals surface area contributed by atoms with E-state index in [1.165, 1.54) is 12.1 Å². The Morgan fingerprint density at radius 1 is 0.946 bits per heavy atom. The highest BCUT2D eigenvalue weighted by atomic mass is 19.1. The van der Waals surface area contributed by atoms with Crippen LogP contribution < -0.4 is 10.1 Å². The summed E-state index contributed by atoms with van der Waals surface area (Å²) in [4.78, 5) is 18.8. The van der Waals surface area contributed by atoms with Crippen LogP contribution in [0.1, 0.15) is 35.9 Å². The van der Waals surface area contributed by atoms with E-state index in [-0.39, 0.29) is 17.8 Å². The summed E-state index contributed by atoms with van der Waals surface area (Å²) in [6.07, 6.45) is 0. The van der Waals surface area contributed by atoms with E-state index in [2.05, 4.69) is 5.32 Å². The second kappa shape index (κ2) is 10.3. The summed E-state index contributed by atoms with van der Waals surface area (Å²) >= 11 is 0. The van der Waals surface area contributed by atoms with Gasteiger partial charge in [0.15, 0.2) is 0 Å². The molecular formula is C31H28FN3O2. The van der Waals surface area contributed by atoms with Crippen molar-refractivity contribution in [1.29, 1.82) is 0 Å². The van der Waals surface area contributed by atoms with Gasteiger partial charge >= 0.3 is 0 Å². The minimum Gasteiger partial charge on any atom is -0.497 e. The Hall–Kier alpha value is -4.45. The first-order valence-corrected chi connectivity index (χ1v) is 12.3. The quantitative estimate of drug-likeness (QED) is 0.265. The maximum absolute atomic E-state index is 13.8. The van der Waals surface area contributed by atoms with Crippen LogP contribution in [0, 0.1) is 5.82 Å². The number of aromatic nitrogens is 2. The van der Waals surface area contributed by atoms with Gasteiger partial charge in [-0.25, -0.2) is 9.37 Å². The largest absolute Gasteiger partial charge is 0.497 e. The van der Waals surface area contributed by atoms with Crippen LogP contribution in [0.2, 0.25) is 0 Å². The molecular weight excluding hydrogens is 465 g/mol. The number of carbonyl (C=O) groups is 1. The van der Waals surface area contributed by atoms with Crippen molar-refractivity contribution in [2.45, 2.75) is 26.4 Å². The third kappa shape index (κ3) is 4.83.